The molecule has 0 spiro atoms. The maximum Gasteiger partial charge on any atom is 0.0741 e. The Kier molecular flexibility index (Phi) is 4.56. The van der Waals surface area contributed by atoms with Crippen molar-refractivity contribution in [2.45, 2.75) is 58.2 Å². The number of rotatable bonds is 5. The minimum atomic E-state index is -0.629. The zero-order valence-electron chi connectivity index (χ0n) is 10.6. The summed E-state index contributed by atoms with van der Waals surface area (Å²) in [6.07, 6.45) is 2.61. The fourth-order valence-electron chi connectivity index (χ4n) is 2.11. The van der Waals surface area contributed by atoms with E-state index in [1.54, 1.807) is 0 Å². The second-order valence-corrected chi connectivity index (χ2v) is 5.21. The second kappa shape index (κ2) is 5.28. The number of nitrogens with zero attached hydrogens (tertiary/aromatic N) is 1. The first kappa shape index (κ1) is 12.9. The van der Waals surface area contributed by atoms with Crippen molar-refractivity contribution in [3.63, 3.8) is 0 Å². The van der Waals surface area contributed by atoms with Crippen LogP contribution in [0.4, 0.5) is 0 Å². The summed E-state index contributed by atoms with van der Waals surface area (Å²) < 4.78 is 0. The average molecular weight is 214 g/mol. The van der Waals surface area contributed by atoms with Gasteiger partial charge in [0.05, 0.1) is 5.60 Å². The molecule has 0 aromatic heterocycles. The molecule has 1 rings (SSSR count). The molecule has 15 heavy (non-hydrogen) atoms. The van der Waals surface area contributed by atoms with E-state index in [0.717, 1.165) is 13.1 Å². The summed E-state index contributed by atoms with van der Waals surface area (Å²) in [4.78, 5) is 2.52. The highest BCUT2D eigenvalue weighted by Gasteiger charge is 2.26. The molecule has 90 valence electrons. The van der Waals surface area contributed by atoms with Crippen LogP contribution in [0.1, 0.15) is 40.5 Å². The number of nitrogens with one attached hydrogen (secondary N) is 1. The summed E-state index contributed by atoms with van der Waals surface area (Å²) in [6.45, 7) is 11.4. The van der Waals surface area contributed by atoms with E-state index in [2.05, 4.69) is 17.1 Å². The summed E-state index contributed by atoms with van der Waals surface area (Å²) in [7, 11) is 0. The van der Waals surface area contributed by atoms with Gasteiger partial charge in [-0.3, -0.25) is 4.90 Å². The van der Waals surface area contributed by atoms with Gasteiger partial charge in [0.2, 0.25) is 0 Å². The Morgan fingerprint density at radius 1 is 1.53 bits per heavy atom. The van der Waals surface area contributed by atoms with Crippen LogP contribution in [0.3, 0.4) is 0 Å². The Hall–Kier alpha value is -0.120. The molecule has 0 aliphatic carbocycles. The standard InChI is InChI=1S/C12H26N2O/c1-5-14-8-6-7-11(14)9-13-10(2)12(3,4)15/h10-11,13,15H,5-9H2,1-4H3. The predicted octanol–water partition coefficient (Wildman–Crippen LogP) is 1.22. The molecule has 1 saturated heterocycles. The number of likely N-dealkylation sites (N-methyl/N-ethyl adjacent to an activating group) is 1. The molecule has 0 saturated carbocycles. The van der Waals surface area contributed by atoms with Crippen LogP contribution in [-0.4, -0.2) is 47.3 Å². The van der Waals surface area contributed by atoms with Gasteiger partial charge in [0, 0.05) is 18.6 Å². The normalized spacial score (nSPS) is 25.8. The van der Waals surface area contributed by atoms with Crippen LogP contribution in [0.25, 0.3) is 0 Å². The molecule has 2 atom stereocenters. The topological polar surface area (TPSA) is 35.5 Å². The van der Waals surface area contributed by atoms with Crippen LogP contribution in [-0.2, 0) is 0 Å². The minimum absolute atomic E-state index is 0.150. The van der Waals surface area contributed by atoms with E-state index >= 15 is 0 Å². The number of hydrogen-bond donors (Lipinski definition) is 2. The zero-order valence-corrected chi connectivity index (χ0v) is 10.6. The zero-order chi connectivity index (χ0) is 11.5. The highest BCUT2D eigenvalue weighted by Crippen LogP contribution is 2.16. The van der Waals surface area contributed by atoms with Gasteiger partial charge in [-0.1, -0.05) is 6.92 Å². The van der Waals surface area contributed by atoms with Crippen LogP contribution in [0.5, 0.6) is 0 Å². The summed E-state index contributed by atoms with van der Waals surface area (Å²) >= 11 is 0. The van der Waals surface area contributed by atoms with Crippen molar-refractivity contribution in [2.24, 2.45) is 0 Å². The molecule has 1 heterocycles. The van der Waals surface area contributed by atoms with E-state index in [0.29, 0.717) is 6.04 Å². The molecule has 3 heteroatoms. The first-order valence-electron chi connectivity index (χ1n) is 6.15. The molecule has 1 aliphatic heterocycles. The monoisotopic (exact) mass is 214 g/mol. The van der Waals surface area contributed by atoms with Crippen LogP contribution in [0, 0.1) is 0 Å². The lowest BCUT2D eigenvalue weighted by molar-refractivity contribution is 0.0420. The van der Waals surface area contributed by atoms with E-state index in [4.69, 9.17) is 0 Å². The largest absolute Gasteiger partial charge is 0.389 e. The smallest absolute Gasteiger partial charge is 0.0741 e. The molecular formula is C12H26N2O. The van der Waals surface area contributed by atoms with Crippen molar-refractivity contribution >= 4 is 0 Å². The summed E-state index contributed by atoms with van der Waals surface area (Å²) in [5.41, 5.74) is -0.629. The molecule has 1 aliphatic rings. The Morgan fingerprint density at radius 3 is 2.73 bits per heavy atom. The minimum Gasteiger partial charge on any atom is -0.389 e. The van der Waals surface area contributed by atoms with Gasteiger partial charge in [0.1, 0.15) is 0 Å². The molecule has 2 N–H and O–H groups in total. The van der Waals surface area contributed by atoms with Crippen LogP contribution >= 0.6 is 0 Å². The molecule has 0 amide bonds. The lowest BCUT2D eigenvalue weighted by Crippen LogP contribution is -2.49. The Balaban J connectivity index is 2.30. The van der Waals surface area contributed by atoms with Crippen molar-refractivity contribution < 1.29 is 5.11 Å². The SMILES string of the molecule is CCN1CCCC1CNC(C)C(C)(C)O. The van der Waals surface area contributed by atoms with Gasteiger partial charge in [0.15, 0.2) is 0 Å². The van der Waals surface area contributed by atoms with E-state index in [1.165, 1.54) is 19.4 Å². The van der Waals surface area contributed by atoms with Crippen molar-refractivity contribution in [3.8, 4) is 0 Å². The maximum absolute atomic E-state index is 9.81. The Morgan fingerprint density at radius 2 is 2.20 bits per heavy atom. The lowest BCUT2D eigenvalue weighted by Gasteiger charge is -2.30. The van der Waals surface area contributed by atoms with E-state index in [9.17, 15) is 5.11 Å². The fourth-order valence-corrected chi connectivity index (χ4v) is 2.11. The van der Waals surface area contributed by atoms with Gasteiger partial charge >= 0.3 is 0 Å². The van der Waals surface area contributed by atoms with E-state index < -0.39 is 5.60 Å². The van der Waals surface area contributed by atoms with Gasteiger partial charge in [-0.05, 0) is 46.7 Å². The van der Waals surface area contributed by atoms with E-state index in [-0.39, 0.29) is 6.04 Å². The number of aliphatic hydroxyl groups is 1. The molecule has 0 aromatic rings. The number of likely N-dealkylation sites (tertiary alicyclic amines) is 1. The van der Waals surface area contributed by atoms with Crippen LogP contribution in [0.15, 0.2) is 0 Å². The van der Waals surface area contributed by atoms with Crippen LogP contribution in [0.2, 0.25) is 0 Å². The van der Waals surface area contributed by atoms with Gasteiger partial charge in [-0.25, -0.2) is 0 Å². The summed E-state index contributed by atoms with van der Waals surface area (Å²) in [6, 6.07) is 0.816. The molecule has 0 radical (unpaired) electrons. The first-order chi connectivity index (χ1) is 6.95. The summed E-state index contributed by atoms with van der Waals surface area (Å²) in [5.74, 6) is 0. The molecule has 1 fully saturated rings. The quantitative estimate of drug-likeness (QED) is 0.722. The third-order valence-corrected chi connectivity index (χ3v) is 3.62. The van der Waals surface area contributed by atoms with Gasteiger partial charge in [0.25, 0.3) is 0 Å². The maximum atomic E-state index is 9.81. The Labute approximate surface area is 93.9 Å². The molecule has 0 aromatic carbocycles. The Bertz CT molecular complexity index is 189. The van der Waals surface area contributed by atoms with Crippen molar-refractivity contribution in [1.82, 2.24) is 10.2 Å². The highest BCUT2D eigenvalue weighted by atomic mass is 16.3. The van der Waals surface area contributed by atoms with E-state index in [1.807, 2.05) is 20.8 Å². The van der Waals surface area contributed by atoms with Crippen molar-refractivity contribution in [2.75, 3.05) is 19.6 Å². The lowest BCUT2D eigenvalue weighted by atomic mass is 10.0. The highest BCUT2D eigenvalue weighted by molar-refractivity contribution is 4.85. The number of hydrogen-bond acceptors (Lipinski definition) is 3. The fraction of sp³-hybridized carbons (Fsp3) is 1.00. The predicted molar refractivity (Wildman–Crippen MR) is 64.0 cm³/mol. The molecular weight excluding hydrogens is 188 g/mol. The molecule has 0 bridgehead atoms. The van der Waals surface area contributed by atoms with Crippen molar-refractivity contribution in [3.05, 3.63) is 0 Å². The average Bonchev–Trinajstić information content (AvgIpc) is 2.59. The second-order valence-electron chi connectivity index (χ2n) is 5.21. The summed E-state index contributed by atoms with van der Waals surface area (Å²) in [5, 5.41) is 13.2. The van der Waals surface area contributed by atoms with Gasteiger partial charge < -0.3 is 10.4 Å². The van der Waals surface area contributed by atoms with Crippen LogP contribution < -0.4 is 5.32 Å². The molecule has 2 unspecified atom stereocenters. The third-order valence-electron chi connectivity index (χ3n) is 3.62. The van der Waals surface area contributed by atoms with Gasteiger partial charge in [-0.2, -0.15) is 0 Å². The van der Waals surface area contributed by atoms with Gasteiger partial charge in [-0.15, -0.1) is 0 Å². The third kappa shape index (κ3) is 3.74. The van der Waals surface area contributed by atoms with Crippen molar-refractivity contribution in [1.29, 1.82) is 0 Å². The first-order valence-corrected chi connectivity index (χ1v) is 6.15. The molecule has 3 nitrogen and oxygen atoms in total.